The van der Waals surface area contributed by atoms with E-state index >= 15 is 0 Å². The molecular weight excluding hydrogens is 288 g/mol. The molecule has 0 saturated carbocycles. The van der Waals surface area contributed by atoms with Gasteiger partial charge in [-0.15, -0.1) is 0 Å². The Morgan fingerprint density at radius 1 is 1.19 bits per heavy atom. The lowest BCUT2D eigenvalue weighted by Gasteiger charge is -2.16. The molecule has 2 aromatic rings. The van der Waals surface area contributed by atoms with Crippen LogP contribution in [0.5, 0.6) is 0 Å². The van der Waals surface area contributed by atoms with Gasteiger partial charge in [-0.05, 0) is 29.7 Å². The van der Waals surface area contributed by atoms with Gasteiger partial charge in [0.2, 0.25) is 0 Å². The Balaban J connectivity index is 2.22. The molecule has 0 saturated heterocycles. The summed E-state index contributed by atoms with van der Waals surface area (Å²) in [5.41, 5.74) is 1.87. The molecule has 0 aliphatic rings. The van der Waals surface area contributed by atoms with Crippen molar-refractivity contribution in [1.29, 1.82) is 0 Å². The number of pyridine rings is 1. The molecule has 0 amide bonds. The summed E-state index contributed by atoms with van der Waals surface area (Å²) in [4.78, 5) is 3.83. The highest BCUT2D eigenvalue weighted by atomic mass is 32.2. The molecule has 2 rings (SSSR count). The molecule has 6 heteroatoms. The molecule has 5 nitrogen and oxygen atoms in total. The van der Waals surface area contributed by atoms with E-state index in [-0.39, 0.29) is 11.6 Å². The minimum Gasteiger partial charge on any atom is -0.394 e. The van der Waals surface area contributed by atoms with Crippen molar-refractivity contribution >= 4 is 10.0 Å². The van der Waals surface area contributed by atoms with E-state index in [2.05, 4.69) is 9.71 Å². The number of nitrogens with one attached hydrogen (secondary N) is 1. The molecule has 0 aliphatic heterocycles. The van der Waals surface area contributed by atoms with Crippen LogP contribution in [0.4, 0.5) is 0 Å². The molecule has 2 N–H and O–H groups in total. The van der Waals surface area contributed by atoms with Gasteiger partial charge in [0.25, 0.3) is 10.0 Å². The fourth-order valence-corrected chi connectivity index (χ4v) is 3.11. The summed E-state index contributed by atoms with van der Waals surface area (Å²) in [6.45, 7) is 1.72. The molecule has 1 atom stereocenters. The Bertz CT molecular complexity index is 670. The monoisotopic (exact) mass is 306 g/mol. The van der Waals surface area contributed by atoms with Crippen LogP contribution in [0.2, 0.25) is 0 Å². The van der Waals surface area contributed by atoms with Gasteiger partial charge in [0, 0.05) is 6.20 Å². The van der Waals surface area contributed by atoms with E-state index in [1.54, 1.807) is 12.1 Å². The van der Waals surface area contributed by atoms with Crippen LogP contribution in [0.15, 0.2) is 53.7 Å². The van der Waals surface area contributed by atoms with Crippen molar-refractivity contribution in [3.8, 4) is 0 Å². The highest BCUT2D eigenvalue weighted by molar-refractivity contribution is 7.89. The summed E-state index contributed by atoms with van der Waals surface area (Å²) in [5, 5.41) is 9.41. The lowest BCUT2D eigenvalue weighted by Crippen LogP contribution is -2.31. The number of sulfonamides is 1. The quantitative estimate of drug-likeness (QED) is 0.850. The Kier molecular flexibility index (Phi) is 5.06. The van der Waals surface area contributed by atoms with E-state index in [0.717, 1.165) is 12.0 Å². The third kappa shape index (κ3) is 3.87. The van der Waals surface area contributed by atoms with E-state index in [4.69, 9.17) is 0 Å². The van der Waals surface area contributed by atoms with Crippen molar-refractivity contribution in [2.45, 2.75) is 24.4 Å². The molecule has 0 aliphatic carbocycles. The molecule has 1 unspecified atom stereocenters. The molecule has 0 spiro atoms. The highest BCUT2D eigenvalue weighted by Crippen LogP contribution is 2.17. The largest absolute Gasteiger partial charge is 0.394 e. The Morgan fingerprint density at radius 2 is 1.90 bits per heavy atom. The van der Waals surface area contributed by atoms with E-state index in [9.17, 15) is 13.5 Å². The molecule has 1 aromatic carbocycles. The van der Waals surface area contributed by atoms with Crippen molar-refractivity contribution < 1.29 is 13.5 Å². The number of hydrogen-bond donors (Lipinski definition) is 2. The zero-order valence-electron chi connectivity index (χ0n) is 11.7. The highest BCUT2D eigenvalue weighted by Gasteiger charge is 2.21. The number of aliphatic hydroxyl groups is 1. The number of aliphatic hydroxyl groups excluding tert-OH is 1. The van der Waals surface area contributed by atoms with Crippen LogP contribution in [-0.4, -0.2) is 25.1 Å². The van der Waals surface area contributed by atoms with Crippen LogP contribution < -0.4 is 4.72 Å². The normalized spacial score (nSPS) is 13.0. The zero-order valence-corrected chi connectivity index (χ0v) is 12.5. The van der Waals surface area contributed by atoms with Gasteiger partial charge in [-0.2, -0.15) is 4.72 Å². The van der Waals surface area contributed by atoms with E-state index in [0.29, 0.717) is 5.56 Å². The average Bonchev–Trinajstić information content (AvgIpc) is 2.53. The van der Waals surface area contributed by atoms with Crippen LogP contribution in [-0.2, 0) is 16.4 Å². The summed E-state index contributed by atoms with van der Waals surface area (Å²) in [6, 6.07) is 11.5. The van der Waals surface area contributed by atoms with Crippen molar-refractivity contribution in [2.75, 3.05) is 6.61 Å². The Labute approximate surface area is 124 Å². The first-order valence-electron chi connectivity index (χ1n) is 6.70. The third-order valence-electron chi connectivity index (χ3n) is 3.18. The maximum absolute atomic E-state index is 12.2. The van der Waals surface area contributed by atoms with Gasteiger partial charge in [0.15, 0.2) is 5.03 Å². The first-order chi connectivity index (χ1) is 10.1. The third-order valence-corrected chi connectivity index (χ3v) is 4.57. The van der Waals surface area contributed by atoms with Crippen molar-refractivity contribution in [3.63, 3.8) is 0 Å². The van der Waals surface area contributed by atoms with Gasteiger partial charge in [-0.25, -0.2) is 13.4 Å². The summed E-state index contributed by atoms with van der Waals surface area (Å²) < 4.78 is 26.9. The van der Waals surface area contributed by atoms with E-state index < -0.39 is 16.1 Å². The molecule has 0 radical (unpaired) electrons. The fourth-order valence-electron chi connectivity index (χ4n) is 1.95. The number of aryl methyl sites for hydroxylation is 1. The predicted octanol–water partition coefficient (Wildman–Crippen LogP) is 1.66. The maximum atomic E-state index is 12.2. The molecule has 1 aromatic heterocycles. The van der Waals surface area contributed by atoms with Crippen LogP contribution in [0.3, 0.4) is 0 Å². The van der Waals surface area contributed by atoms with Crippen LogP contribution >= 0.6 is 0 Å². The standard InChI is InChI=1S/C15H18N2O3S/c1-2-12-6-8-13(9-7-12)14(11-18)17-21(19,20)15-5-3-4-10-16-15/h3-10,14,17-18H,2,11H2,1H3. The summed E-state index contributed by atoms with van der Waals surface area (Å²) >= 11 is 0. The molecule has 112 valence electrons. The van der Waals surface area contributed by atoms with Gasteiger partial charge >= 0.3 is 0 Å². The lowest BCUT2D eigenvalue weighted by molar-refractivity contribution is 0.258. The number of rotatable bonds is 6. The molecule has 0 fully saturated rings. The van der Waals surface area contributed by atoms with Gasteiger partial charge in [0.1, 0.15) is 0 Å². The minimum absolute atomic E-state index is 0.0615. The van der Waals surface area contributed by atoms with Gasteiger partial charge < -0.3 is 5.11 Å². The maximum Gasteiger partial charge on any atom is 0.258 e. The smallest absolute Gasteiger partial charge is 0.258 e. The summed E-state index contributed by atoms with van der Waals surface area (Å²) in [7, 11) is -3.76. The molecule has 1 heterocycles. The number of nitrogens with zero attached hydrogens (tertiary/aromatic N) is 1. The summed E-state index contributed by atoms with van der Waals surface area (Å²) in [5.74, 6) is 0. The van der Waals surface area contributed by atoms with Gasteiger partial charge in [0.05, 0.1) is 12.6 Å². The minimum atomic E-state index is -3.76. The van der Waals surface area contributed by atoms with Gasteiger partial charge in [-0.3, -0.25) is 0 Å². The van der Waals surface area contributed by atoms with Crippen molar-refractivity contribution in [1.82, 2.24) is 9.71 Å². The number of benzene rings is 1. The van der Waals surface area contributed by atoms with Crippen LogP contribution in [0.25, 0.3) is 0 Å². The SMILES string of the molecule is CCc1ccc(C(CO)NS(=O)(=O)c2ccccn2)cc1. The molecular formula is C15H18N2O3S. The van der Waals surface area contributed by atoms with Crippen molar-refractivity contribution in [2.24, 2.45) is 0 Å². The predicted molar refractivity (Wildman–Crippen MR) is 80.2 cm³/mol. The lowest BCUT2D eigenvalue weighted by atomic mass is 10.1. The first kappa shape index (κ1) is 15.6. The second-order valence-electron chi connectivity index (χ2n) is 4.62. The Morgan fingerprint density at radius 3 is 2.43 bits per heavy atom. The fraction of sp³-hybridized carbons (Fsp3) is 0.267. The zero-order chi connectivity index (χ0) is 15.3. The van der Waals surface area contributed by atoms with Crippen LogP contribution in [0.1, 0.15) is 24.1 Å². The first-order valence-corrected chi connectivity index (χ1v) is 8.18. The van der Waals surface area contributed by atoms with E-state index in [1.165, 1.54) is 12.3 Å². The average molecular weight is 306 g/mol. The van der Waals surface area contributed by atoms with E-state index in [1.807, 2.05) is 31.2 Å². The molecule has 21 heavy (non-hydrogen) atoms. The second kappa shape index (κ2) is 6.80. The summed E-state index contributed by atoms with van der Waals surface area (Å²) in [6.07, 6.45) is 2.32. The van der Waals surface area contributed by atoms with Crippen molar-refractivity contribution in [3.05, 3.63) is 59.8 Å². The molecule has 0 bridgehead atoms. The van der Waals surface area contributed by atoms with Gasteiger partial charge in [-0.1, -0.05) is 37.3 Å². The second-order valence-corrected chi connectivity index (χ2v) is 6.28. The van der Waals surface area contributed by atoms with Crippen LogP contribution in [0, 0.1) is 0 Å². The number of hydrogen-bond acceptors (Lipinski definition) is 4. The Hall–Kier alpha value is -1.76. The topological polar surface area (TPSA) is 79.3 Å². The number of aromatic nitrogens is 1.